The fourth-order valence-electron chi connectivity index (χ4n) is 8.77. The number of fused-ring (bicyclic) bond motifs is 3. The van der Waals surface area contributed by atoms with Gasteiger partial charge in [0.15, 0.2) is 0 Å². The molecule has 1 spiro atoms. The summed E-state index contributed by atoms with van der Waals surface area (Å²) in [5.41, 5.74) is 5.98. The number of likely N-dealkylation sites (tertiary alicyclic amines) is 2. The number of halogens is 1. The van der Waals surface area contributed by atoms with Gasteiger partial charge in [-0.25, -0.2) is 4.79 Å². The minimum atomic E-state index is -1.21. The van der Waals surface area contributed by atoms with E-state index in [1.807, 2.05) is 42.5 Å². The average molecular weight is 650 g/mol. The van der Waals surface area contributed by atoms with Crippen molar-refractivity contribution in [2.24, 2.45) is 11.7 Å². The molecule has 4 amide bonds. The summed E-state index contributed by atoms with van der Waals surface area (Å²) in [6, 6.07) is 3.72. The summed E-state index contributed by atoms with van der Waals surface area (Å²) in [5, 5.41) is 0.532. The number of nitrogens with zero attached hydrogens (tertiary/aromatic N) is 4. The van der Waals surface area contributed by atoms with E-state index >= 15 is 0 Å². The van der Waals surface area contributed by atoms with E-state index in [0.717, 1.165) is 5.56 Å². The van der Waals surface area contributed by atoms with E-state index in [1.165, 1.54) is 7.11 Å². The Bertz CT molecular complexity index is 1530. The molecule has 1 aromatic carbocycles. The Morgan fingerprint density at radius 3 is 2.48 bits per heavy atom. The Hall–Kier alpha value is -3.70. The maximum Gasteiger partial charge on any atom is 0.328 e. The van der Waals surface area contributed by atoms with Gasteiger partial charge in [0.1, 0.15) is 23.7 Å². The Balaban J connectivity index is 1.12. The predicted octanol–water partition coefficient (Wildman–Crippen LogP) is 1.82. The van der Waals surface area contributed by atoms with Crippen molar-refractivity contribution in [3.63, 3.8) is 0 Å². The maximum absolute atomic E-state index is 14.5. The molecule has 6 aliphatic heterocycles. The van der Waals surface area contributed by atoms with Crippen LogP contribution in [0.5, 0.6) is 0 Å². The third-order valence-corrected chi connectivity index (χ3v) is 11.4. The summed E-state index contributed by atoms with van der Waals surface area (Å²) in [7, 11) is 1.32. The number of methoxy groups -OCH3 is 1. The summed E-state index contributed by atoms with van der Waals surface area (Å²) in [4.78, 5) is 75.9. The van der Waals surface area contributed by atoms with Crippen LogP contribution in [0.25, 0.3) is 0 Å². The average Bonchev–Trinajstić information content (AvgIpc) is 3.85. The molecule has 244 valence electrons. The number of amides is 4. The molecule has 0 radical (unpaired) electrons. The van der Waals surface area contributed by atoms with Crippen LogP contribution in [0.1, 0.15) is 50.5 Å². The fraction of sp³-hybridized carbons (Fsp3) is 0.559. The van der Waals surface area contributed by atoms with Crippen LogP contribution in [0.4, 0.5) is 0 Å². The van der Waals surface area contributed by atoms with E-state index in [4.69, 9.17) is 22.1 Å². The molecule has 1 aromatic rings. The second kappa shape index (κ2) is 11.8. The molecule has 0 bridgehead atoms. The van der Waals surface area contributed by atoms with Gasteiger partial charge in [0.25, 0.3) is 5.91 Å². The van der Waals surface area contributed by atoms with Gasteiger partial charge in [-0.3, -0.25) is 19.2 Å². The Kier molecular flexibility index (Phi) is 7.95. The topological polar surface area (TPSA) is 134 Å². The molecule has 6 aliphatic rings. The van der Waals surface area contributed by atoms with Crippen molar-refractivity contribution < 1.29 is 28.7 Å². The number of benzene rings is 1. The number of esters is 1. The normalized spacial score (nSPS) is 33.7. The number of ether oxygens (including phenoxy) is 1. The quantitative estimate of drug-likeness (QED) is 0.380. The summed E-state index contributed by atoms with van der Waals surface area (Å²) < 4.78 is 5.00. The molecule has 12 heteroatoms. The predicted molar refractivity (Wildman–Crippen MR) is 168 cm³/mol. The van der Waals surface area contributed by atoms with Crippen LogP contribution < -0.4 is 5.73 Å². The molecule has 0 aliphatic carbocycles. The minimum Gasteiger partial charge on any atom is -0.467 e. The molecule has 0 unspecified atom stereocenters. The van der Waals surface area contributed by atoms with E-state index in [1.54, 1.807) is 25.7 Å². The Labute approximate surface area is 273 Å². The number of rotatable bonds is 5. The van der Waals surface area contributed by atoms with Crippen molar-refractivity contribution in [1.29, 1.82) is 0 Å². The van der Waals surface area contributed by atoms with E-state index in [9.17, 15) is 24.0 Å². The lowest BCUT2D eigenvalue weighted by molar-refractivity contribution is -0.158. The summed E-state index contributed by atoms with van der Waals surface area (Å²) >= 11 is 6.34. The molecule has 7 rings (SSSR count). The zero-order valence-electron chi connectivity index (χ0n) is 25.9. The first-order valence-corrected chi connectivity index (χ1v) is 16.8. The lowest BCUT2D eigenvalue weighted by atomic mass is 9.88. The van der Waals surface area contributed by atoms with Crippen LogP contribution >= 0.6 is 11.6 Å². The zero-order chi connectivity index (χ0) is 32.3. The number of carbonyl (C=O) groups excluding carboxylic acids is 5. The van der Waals surface area contributed by atoms with Crippen molar-refractivity contribution >= 4 is 41.2 Å². The number of carbonyl (C=O) groups is 5. The van der Waals surface area contributed by atoms with Crippen LogP contribution in [0.3, 0.4) is 0 Å². The van der Waals surface area contributed by atoms with E-state index < -0.39 is 35.7 Å². The number of nitrogens with two attached hydrogens (primary N) is 1. The number of hydrogen-bond acceptors (Lipinski definition) is 7. The summed E-state index contributed by atoms with van der Waals surface area (Å²) in [6.07, 6.45) is 12.0. The van der Waals surface area contributed by atoms with Gasteiger partial charge in [0.2, 0.25) is 17.7 Å². The smallest absolute Gasteiger partial charge is 0.328 e. The van der Waals surface area contributed by atoms with Crippen LogP contribution in [-0.2, 0) is 35.1 Å². The molecule has 11 nitrogen and oxygen atoms in total. The van der Waals surface area contributed by atoms with Crippen molar-refractivity contribution in [3.05, 3.63) is 59.2 Å². The van der Waals surface area contributed by atoms with Crippen molar-refractivity contribution in [2.75, 3.05) is 20.2 Å². The third-order valence-electron chi connectivity index (χ3n) is 11.0. The van der Waals surface area contributed by atoms with Crippen LogP contribution in [0.2, 0.25) is 5.02 Å². The highest BCUT2D eigenvalue weighted by atomic mass is 35.5. The molecular weight excluding hydrogens is 610 g/mol. The highest BCUT2D eigenvalue weighted by Crippen LogP contribution is 2.43. The molecule has 6 heterocycles. The monoisotopic (exact) mass is 649 g/mol. The van der Waals surface area contributed by atoms with E-state index in [2.05, 4.69) is 0 Å². The van der Waals surface area contributed by atoms with Gasteiger partial charge in [-0.15, -0.1) is 0 Å². The largest absolute Gasteiger partial charge is 0.467 e. The van der Waals surface area contributed by atoms with E-state index in [0.29, 0.717) is 63.1 Å². The fourth-order valence-corrected chi connectivity index (χ4v) is 8.98. The highest BCUT2D eigenvalue weighted by Gasteiger charge is 2.58. The molecule has 0 aromatic heterocycles. The van der Waals surface area contributed by atoms with Gasteiger partial charge in [-0.05, 0) is 63.0 Å². The third kappa shape index (κ3) is 4.76. The van der Waals surface area contributed by atoms with Crippen LogP contribution in [-0.4, -0.2) is 111 Å². The lowest BCUT2D eigenvalue weighted by Crippen LogP contribution is -2.65. The van der Waals surface area contributed by atoms with Gasteiger partial charge in [-0.2, -0.15) is 0 Å². The van der Waals surface area contributed by atoms with Crippen LogP contribution in [0, 0.1) is 5.92 Å². The second-order valence-electron chi connectivity index (χ2n) is 13.4. The molecule has 4 fully saturated rings. The van der Waals surface area contributed by atoms with Crippen molar-refractivity contribution in [2.45, 2.75) is 93.2 Å². The van der Waals surface area contributed by atoms with Crippen molar-refractivity contribution in [3.8, 4) is 0 Å². The van der Waals surface area contributed by atoms with Crippen molar-refractivity contribution in [1.82, 2.24) is 19.6 Å². The number of hydrogen-bond donors (Lipinski definition) is 1. The minimum absolute atomic E-state index is 0.164. The molecule has 2 N–H and O–H groups in total. The summed E-state index contributed by atoms with van der Waals surface area (Å²) in [5.74, 6) is -1.70. The first-order chi connectivity index (χ1) is 22.2. The van der Waals surface area contributed by atoms with Gasteiger partial charge in [0.05, 0.1) is 25.2 Å². The standard InChI is InChI=1S/C34H40ClN5O6/c1-46-32(44)27-12-10-22-8-7-20-14-18-37(28(20)31(43)39(22)27)30(42)26-11-9-23-13-16-34(33(45)40(23)26)15-4-17-38(34)29(41)25(36)19-21-5-2-3-6-24(21)35/h2-3,5-8,13,16,20,22-23,25-28H,4,9-12,14-15,17-19,36H2,1H3/t20-,22-,23-,25-,26-,27-,28-,34+/m0/s1. The molecule has 0 saturated carbocycles. The first kappa shape index (κ1) is 30.9. The molecule has 46 heavy (non-hydrogen) atoms. The lowest BCUT2D eigenvalue weighted by Gasteiger charge is -2.45. The van der Waals surface area contributed by atoms with Crippen LogP contribution in [0.15, 0.2) is 48.6 Å². The Morgan fingerprint density at radius 1 is 0.978 bits per heavy atom. The molecule has 4 saturated heterocycles. The van der Waals surface area contributed by atoms with E-state index in [-0.39, 0.29) is 48.1 Å². The molecular formula is C34H40ClN5O6. The maximum atomic E-state index is 14.5. The summed E-state index contributed by atoms with van der Waals surface area (Å²) in [6.45, 7) is 0.772. The Morgan fingerprint density at radius 2 is 1.72 bits per heavy atom. The first-order valence-electron chi connectivity index (χ1n) is 16.4. The highest BCUT2D eigenvalue weighted by molar-refractivity contribution is 6.31. The van der Waals surface area contributed by atoms with Gasteiger partial charge in [-0.1, -0.05) is 54.1 Å². The van der Waals surface area contributed by atoms with Gasteiger partial charge >= 0.3 is 5.97 Å². The second-order valence-corrected chi connectivity index (χ2v) is 13.8. The van der Waals surface area contributed by atoms with Gasteiger partial charge < -0.3 is 30.1 Å². The van der Waals surface area contributed by atoms with Gasteiger partial charge in [0, 0.05) is 24.0 Å². The SMILES string of the molecule is COC(=O)[C@@H]1CC[C@@H]2C=C[C@H]3CCN(C(=O)[C@@H]4CC[C@H]5C=C[C@]6(CCCN6C(=O)[C@@H](N)Cc6ccccc6Cl)C(=O)N54)[C@@H]3C(=O)N21. The zero-order valence-corrected chi connectivity index (χ0v) is 26.7. The molecule has 8 atom stereocenters.